The molecule has 0 bridgehead atoms. The van der Waals surface area contributed by atoms with E-state index in [1.807, 2.05) is 0 Å². The molecule has 5 aliphatic carbocycles. The van der Waals surface area contributed by atoms with E-state index in [9.17, 15) is 23.8 Å². The number of hydrogen-bond acceptors (Lipinski definition) is 8. The van der Waals surface area contributed by atoms with E-state index in [0.717, 1.165) is 81.7 Å². The van der Waals surface area contributed by atoms with Crippen molar-refractivity contribution < 1.29 is 33.1 Å². The van der Waals surface area contributed by atoms with Crippen LogP contribution in [-0.2, 0) is 19.3 Å². The highest BCUT2D eigenvalue weighted by molar-refractivity contribution is 7.85. The van der Waals surface area contributed by atoms with Gasteiger partial charge in [-0.05, 0) is 121 Å². The molecule has 5 aliphatic rings. The lowest BCUT2D eigenvalue weighted by Gasteiger charge is -2.72. The maximum Gasteiger partial charge on any atom is 0.290 e. The molecule has 0 unspecified atom stereocenters. The molecule has 10 atom stereocenters. The van der Waals surface area contributed by atoms with E-state index in [4.69, 9.17) is 4.89 Å². The predicted molar refractivity (Wildman–Crippen MR) is 153 cm³/mol. The van der Waals surface area contributed by atoms with Gasteiger partial charge in [-0.1, -0.05) is 39.4 Å². The van der Waals surface area contributed by atoms with E-state index in [-0.39, 0.29) is 59.2 Å². The molecule has 0 aromatic rings. The van der Waals surface area contributed by atoms with E-state index in [2.05, 4.69) is 43.8 Å². The summed E-state index contributed by atoms with van der Waals surface area (Å²) in [5, 5.41) is 34.9. The number of oxime groups is 1. The van der Waals surface area contributed by atoms with Gasteiger partial charge in [-0.3, -0.25) is 0 Å². The maximum absolute atomic E-state index is 11.4. The van der Waals surface area contributed by atoms with Gasteiger partial charge in [-0.25, -0.2) is 4.89 Å². The summed E-state index contributed by atoms with van der Waals surface area (Å²) in [7, 11) is -3.71. The molecule has 3 N–H and O–H groups in total. The van der Waals surface area contributed by atoms with Crippen molar-refractivity contribution >= 4 is 15.8 Å². The fourth-order valence-corrected chi connectivity index (χ4v) is 12.0. The van der Waals surface area contributed by atoms with Crippen LogP contribution in [0.25, 0.3) is 0 Å². The van der Waals surface area contributed by atoms with Crippen molar-refractivity contribution in [1.29, 1.82) is 0 Å². The minimum Gasteiger partial charge on any atom is -0.411 e. The Labute approximate surface area is 240 Å². The van der Waals surface area contributed by atoms with Gasteiger partial charge in [-0.2, -0.15) is 8.42 Å². The number of fused-ring (bicyclic) bond motifs is 7. The van der Waals surface area contributed by atoms with Gasteiger partial charge in [0, 0.05) is 12.0 Å². The smallest absolute Gasteiger partial charge is 0.290 e. The highest BCUT2D eigenvalue weighted by atomic mass is 32.2. The molecule has 0 saturated heterocycles. The summed E-state index contributed by atoms with van der Waals surface area (Å²) in [6.45, 7) is 14.2. The van der Waals surface area contributed by atoms with Gasteiger partial charge >= 0.3 is 0 Å². The average Bonchev–Trinajstić information content (AvgIpc) is 3.28. The topological polar surface area (TPSA) is 126 Å². The molecule has 0 amide bonds. The zero-order valence-electron chi connectivity index (χ0n) is 25.1. The normalized spacial score (nSPS) is 49.6. The maximum atomic E-state index is 11.4. The molecular formula is C31H51NO7S. The average molecular weight is 582 g/mol. The van der Waals surface area contributed by atoms with E-state index in [1.54, 1.807) is 0 Å². The van der Waals surface area contributed by atoms with Crippen LogP contribution in [0.1, 0.15) is 91.9 Å². The molecule has 8 nitrogen and oxygen atoms in total. The Morgan fingerprint density at radius 1 is 0.950 bits per heavy atom. The minimum atomic E-state index is -3.71. The Balaban J connectivity index is 1.47. The van der Waals surface area contributed by atoms with Crippen molar-refractivity contribution in [3.8, 4) is 0 Å². The number of aliphatic hydroxyl groups is 2. The molecule has 0 aliphatic heterocycles. The van der Waals surface area contributed by atoms with Gasteiger partial charge in [0.25, 0.3) is 10.1 Å². The van der Waals surface area contributed by atoms with Crippen molar-refractivity contribution in [3.63, 3.8) is 0 Å². The molecule has 0 spiro atoms. The second-order valence-corrected chi connectivity index (χ2v) is 16.7. The van der Waals surface area contributed by atoms with E-state index < -0.39 is 15.5 Å². The minimum absolute atomic E-state index is 0.00593. The standard InChI is InChI=1S/C31H51NO7S/c1-20(17-38-39-40(6,36)37)21-9-14-31(19-34)16-15-29(4)22(26(21)31)7-8-24-27(2)12-11-25(32-35)28(3,18-33)23(27)10-13-30(24,29)5/h21-24,26,33-35H,1,7-19H2,2-6H3/b32-25+/t21-,22+,23+,24+,26+,27-,28-,29+,30+,31+/m0/s1. The van der Waals surface area contributed by atoms with Gasteiger partial charge in [0.15, 0.2) is 0 Å². The first-order valence-corrected chi connectivity index (χ1v) is 17.1. The Morgan fingerprint density at radius 3 is 2.30 bits per heavy atom. The lowest BCUT2D eigenvalue weighted by atomic mass is 9.32. The fourth-order valence-electron chi connectivity index (χ4n) is 11.8. The molecule has 0 radical (unpaired) electrons. The highest BCUT2D eigenvalue weighted by Gasteiger charge is 2.71. The second-order valence-electron chi connectivity index (χ2n) is 15.2. The monoisotopic (exact) mass is 581 g/mol. The number of hydrogen-bond donors (Lipinski definition) is 3. The summed E-state index contributed by atoms with van der Waals surface area (Å²) in [4.78, 5) is 5.11. The third kappa shape index (κ3) is 4.19. The molecular weight excluding hydrogens is 530 g/mol. The summed E-state index contributed by atoms with van der Waals surface area (Å²) in [6.07, 6.45) is 10.9. The van der Waals surface area contributed by atoms with Crippen LogP contribution in [0.4, 0.5) is 0 Å². The number of nitrogens with zero attached hydrogens (tertiary/aromatic N) is 1. The van der Waals surface area contributed by atoms with E-state index in [0.29, 0.717) is 11.8 Å². The Kier molecular flexibility index (Phi) is 7.64. The lowest BCUT2D eigenvalue weighted by Crippen LogP contribution is -2.67. The zero-order chi connectivity index (χ0) is 29.4. The fraction of sp³-hybridized carbons (Fsp3) is 0.903. The second kappa shape index (κ2) is 10.0. The summed E-state index contributed by atoms with van der Waals surface area (Å²) >= 11 is 0. The first-order valence-electron chi connectivity index (χ1n) is 15.3. The van der Waals surface area contributed by atoms with Crippen LogP contribution < -0.4 is 0 Å². The Morgan fingerprint density at radius 2 is 1.68 bits per heavy atom. The van der Waals surface area contributed by atoms with Gasteiger partial charge in [0.05, 0.1) is 18.6 Å². The van der Waals surface area contributed by atoms with Gasteiger partial charge in [0.2, 0.25) is 0 Å². The van der Waals surface area contributed by atoms with Crippen molar-refractivity contribution in [2.75, 3.05) is 26.1 Å². The summed E-state index contributed by atoms with van der Waals surface area (Å²) in [6, 6.07) is 0. The molecule has 5 saturated carbocycles. The van der Waals surface area contributed by atoms with Crippen LogP contribution in [0.15, 0.2) is 17.3 Å². The first-order chi connectivity index (χ1) is 18.7. The molecule has 5 rings (SSSR count). The molecule has 9 heteroatoms. The van der Waals surface area contributed by atoms with E-state index in [1.165, 1.54) is 0 Å². The molecule has 5 fully saturated rings. The van der Waals surface area contributed by atoms with Crippen LogP contribution in [0, 0.1) is 56.7 Å². The Hall–Kier alpha value is -1.00. The number of rotatable bonds is 7. The van der Waals surface area contributed by atoms with Gasteiger partial charge in [-0.15, -0.1) is 4.33 Å². The summed E-state index contributed by atoms with van der Waals surface area (Å²) < 4.78 is 27.5. The number of aliphatic hydroxyl groups excluding tert-OH is 2. The molecule has 0 aromatic carbocycles. The molecule has 0 aromatic heterocycles. The van der Waals surface area contributed by atoms with Crippen LogP contribution in [0.5, 0.6) is 0 Å². The summed E-state index contributed by atoms with van der Waals surface area (Å²) in [5.41, 5.74) is 1.22. The molecule has 40 heavy (non-hydrogen) atoms. The van der Waals surface area contributed by atoms with Crippen molar-refractivity contribution in [3.05, 3.63) is 12.2 Å². The van der Waals surface area contributed by atoms with Crippen LogP contribution in [0.2, 0.25) is 0 Å². The first kappa shape index (κ1) is 30.5. The highest BCUT2D eigenvalue weighted by Crippen LogP contribution is 2.77. The Bertz CT molecular complexity index is 1160. The molecule has 0 heterocycles. The largest absolute Gasteiger partial charge is 0.411 e. The summed E-state index contributed by atoms with van der Waals surface area (Å²) in [5.74, 6) is 1.63. The van der Waals surface area contributed by atoms with Crippen molar-refractivity contribution in [2.45, 2.75) is 91.9 Å². The lowest BCUT2D eigenvalue weighted by molar-refractivity contribution is -0.234. The van der Waals surface area contributed by atoms with Crippen LogP contribution in [-0.4, -0.2) is 55.6 Å². The zero-order valence-corrected chi connectivity index (χ0v) is 25.9. The van der Waals surface area contributed by atoms with Crippen LogP contribution in [0.3, 0.4) is 0 Å². The third-order valence-electron chi connectivity index (χ3n) is 13.9. The predicted octanol–water partition coefficient (Wildman–Crippen LogP) is 5.33. The third-order valence-corrected chi connectivity index (χ3v) is 14.2. The quantitative estimate of drug-likeness (QED) is 0.161. The van der Waals surface area contributed by atoms with Gasteiger partial charge < -0.3 is 15.4 Å². The molecule has 228 valence electrons. The van der Waals surface area contributed by atoms with E-state index >= 15 is 0 Å². The van der Waals surface area contributed by atoms with Crippen LogP contribution >= 0.6 is 0 Å². The van der Waals surface area contributed by atoms with Gasteiger partial charge in [0.1, 0.15) is 6.61 Å². The SMILES string of the molecule is C=C(COOS(C)(=O)=O)[C@@H]1CC[C@]2(CO)CC[C@]3(C)[C@H](CC[C@@H]4[C@@]5(C)CC/C(=N\O)[C@@](C)(CO)[C@@H]5CC[C@]43C)[C@@H]12. The van der Waals surface area contributed by atoms with Crippen molar-refractivity contribution in [2.24, 2.45) is 61.8 Å². The van der Waals surface area contributed by atoms with Crippen molar-refractivity contribution in [1.82, 2.24) is 0 Å².